The van der Waals surface area contributed by atoms with Gasteiger partial charge in [0.1, 0.15) is 5.82 Å². The molecule has 0 unspecified atom stereocenters. The van der Waals surface area contributed by atoms with Crippen LogP contribution in [0.1, 0.15) is 16.7 Å². The van der Waals surface area contributed by atoms with Gasteiger partial charge in [-0.3, -0.25) is 4.72 Å². The van der Waals surface area contributed by atoms with E-state index in [1.807, 2.05) is 13.0 Å². The molecule has 6 heteroatoms. The van der Waals surface area contributed by atoms with Gasteiger partial charge in [-0.05, 0) is 54.8 Å². The Labute approximate surface area is 123 Å². The van der Waals surface area contributed by atoms with Crippen LogP contribution in [0.3, 0.4) is 0 Å². The number of nitrogens with two attached hydrogens (primary N) is 1. The van der Waals surface area contributed by atoms with Crippen LogP contribution in [0, 0.1) is 19.7 Å². The fourth-order valence-corrected chi connectivity index (χ4v) is 3.48. The summed E-state index contributed by atoms with van der Waals surface area (Å²) in [5, 5.41) is 0. The molecular formula is C15H17FN2O2S. The molecule has 0 aromatic heterocycles. The first-order valence-corrected chi connectivity index (χ1v) is 7.90. The zero-order chi connectivity index (χ0) is 15.6. The van der Waals surface area contributed by atoms with Crippen molar-refractivity contribution in [2.45, 2.75) is 25.3 Å². The molecule has 0 aliphatic rings. The summed E-state index contributed by atoms with van der Waals surface area (Å²) in [5.74, 6) is -0.501. The first kappa shape index (κ1) is 15.5. The Morgan fingerprint density at radius 1 is 1.19 bits per heavy atom. The third-order valence-electron chi connectivity index (χ3n) is 3.28. The number of halogens is 1. The van der Waals surface area contributed by atoms with Gasteiger partial charge in [-0.1, -0.05) is 12.1 Å². The maximum Gasteiger partial charge on any atom is 0.262 e. The minimum absolute atomic E-state index is 0.159. The highest BCUT2D eigenvalue weighted by atomic mass is 32.2. The molecular weight excluding hydrogens is 291 g/mol. The second-order valence-corrected chi connectivity index (χ2v) is 6.51. The summed E-state index contributed by atoms with van der Waals surface area (Å²) >= 11 is 0. The first-order valence-electron chi connectivity index (χ1n) is 6.42. The molecule has 2 aromatic carbocycles. The van der Waals surface area contributed by atoms with Crippen molar-refractivity contribution in [2.24, 2.45) is 5.73 Å². The Morgan fingerprint density at radius 2 is 1.90 bits per heavy atom. The number of hydrogen-bond acceptors (Lipinski definition) is 3. The van der Waals surface area contributed by atoms with Crippen LogP contribution in [0.25, 0.3) is 0 Å². The molecule has 2 aromatic rings. The Bertz CT molecular complexity index is 773. The zero-order valence-electron chi connectivity index (χ0n) is 11.9. The third kappa shape index (κ3) is 3.40. The summed E-state index contributed by atoms with van der Waals surface area (Å²) in [5.41, 5.74) is 8.00. The average molecular weight is 308 g/mol. The van der Waals surface area contributed by atoms with Crippen LogP contribution in [0.2, 0.25) is 0 Å². The number of nitrogens with one attached hydrogen (secondary N) is 1. The van der Waals surface area contributed by atoms with Gasteiger partial charge in [0.2, 0.25) is 0 Å². The lowest BCUT2D eigenvalue weighted by Crippen LogP contribution is -2.16. The van der Waals surface area contributed by atoms with Crippen LogP contribution < -0.4 is 10.5 Å². The molecule has 0 spiro atoms. The molecule has 21 heavy (non-hydrogen) atoms. The molecule has 3 N–H and O–H groups in total. The Hall–Kier alpha value is -1.92. The zero-order valence-corrected chi connectivity index (χ0v) is 12.7. The van der Waals surface area contributed by atoms with Gasteiger partial charge in [-0.2, -0.15) is 0 Å². The molecule has 0 radical (unpaired) electrons. The summed E-state index contributed by atoms with van der Waals surface area (Å²) < 4.78 is 40.5. The lowest BCUT2D eigenvalue weighted by molar-refractivity contribution is 0.600. The summed E-state index contributed by atoms with van der Waals surface area (Å²) in [4.78, 5) is 0.159. The van der Waals surface area contributed by atoms with Gasteiger partial charge in [0, 0.05) is 6.54 Å². The largest absolute Gasteiger partial charge is 0.326 e. The van der Waals surface area contributed by atoms with Crippen molar-refractivity contribution in [3.63, 3.8) is 0 Å². The van der Waals surface area contributed by atoms with E-state index in [9.17, 15) is 12.8 Å². The SMILES string of the molecule is Cc1cc(CN)cc(S(=O)(=O)Nc2cccc(F)c2)c1C. The topological polar surface area (TPSA) is 72.2 Å². The molecule has 0 aliphatic carbocycles. The minimum atomic E-state index is -3.79. The summed E-state index contributed by atoms with van der Waals surface area (Å²) in [6.07, 6.45) is 0. The quantitative estimate of drug-likeness (QED) is 0.912. The van der Waals surface area contributed by atoms with E-state index in [2.05, 4.69) is 4.72 Å². The molecule has 2 rings (SSSR count). The van der Waals surface area contributed by atoms with Crippen LogP contribution in [-0.4, -0.2) is 8.42 Å². The molecule has 0 amide bonds. The van der Waals surface area contributed by atoms with E-state index in [4.69, 9.17) is 5.73 Å². The standard InChI is InChI=1S/C15H17FN2O2S/c1-10-6-12(9-17)7-15(11(10)2)21(19,20)18-14-5-3-4-13(16)8-14/h3-8,18H,9,17H2,1-2H3. The maximum absolute atomic E-state index is 13.2. The van der Waals surface area contributed by atoms with Crippen LogP contribution in [0.5, 0.6) is 0 Å². The van der Waals surface area contributed by atoms with E-state index in [1.165, 1.54) is 18.2 Å². The lowest BCUT2D eigenvalue weighted by atomic mass is 10.1. The predicted octanol–water partition coefficient (Wildman–Crippen LogP) is 2.70. The molecule has 0 heterocycles. The van der Waals surface area contributed by atoms with E-state index >= 15 is 0 Å². The molecule has 112 valence electrons. The lowest BCUT2D eigenvalue weighted by Gasteiger charge is -2.14. The van der Waals surface area contributed by atoms with Crippen molar-refractivity contribution < 1.29 is 12.8 Å². The average Bonchev–Trinajstić information content (AvgIpc) is 2.41. The second kappa shape index (κ2) is 5.83. The Morgan fingerprint density at radius 3 is 2.52 bits per heavy atom. The van der Waals surface area contributed by atoms with E-state index in [-0.39, 0.29) is 17.1 Å². The molecule has 0 aliphatic heterocycles. The normalized spacial score (nSPS) is 11.4. The van der Waals surface area contributed by atoms with Crippen molar-refractivity contribution in [2.75, 3.05) is 4.72 Å². The predicted molar refractivity (Wildman–Crippen MR) is 81.0 cm³/mol. The van der Waals surface area contributed by atoms with E-state index in [0.717, 1.165) is 17.2 Å². The van der Waals surface area contributed by atoms with Crippen molar-refractivity contribution in [3.8, 4) is 0 Å². The minimum Gasteiger partial charge on any atom is -0.326 e. The molecule has 0 bridgehead atoms. The molecule has 0 atom stereocenters. The number of benzene rings is 2. The number of sulfonamides is 1. The third-order valence-corrected chi connectivity index (χ3v) is 4.79. The van der Waals surface area contributed by atoms with Gasteiger partial charge in [-0.25, -0.2) is 12.8 Å². The molecule has 0 saturated carbocycles. The fraction of sp³-hybridized carbons (Fsp3) is 0.200. The van der Waals surface area contributed by atoms with Crippen molar-refractivity contribution in [1.82, 2.24) is 0 Å². The van der Waals surface area contributed by atoms with Crippen molar-refractivity contribution in [1.29, 1.82) is 0 Å². The van der Waals surface area contributed by atoms with E-state index < -0.39 is 15.8 Å². The monoisotopic (exact) mass is 308 g/mol. The molecule has 0 fully saturated rings. The number of anilines is 1. The summed E-state index contributed by atoms with van der Waals surface area (Å²) in [6, 6.07) is 8.73. The highest BCUT2D eigenvalue weighted by molar-refractivity contribution is 7.92. The molecule has 4 nitrogen and oxygen atoms in total. The number of hydrogen-bond donors (Lipinski definition) is 2. The molecule has 0 saturated heterocycles. The van der Waals surface area contributed by atoms with E-state index in [0.29, 0.717) is 5.56 Å². The van der Waals surface area contributed by atoms with Crippen LogP contribution in [0.4, 0.5) is 10.1 Å². The van der Waals surface area contributed by atoms with Gasteiger partial charge in [0.15, 0.2) is 0 Å². The van der Waals surface area contributed by atoms with Gasteiger partial charge in [0.05, 0.1) is 10.6 Å². The van der Waals surface area contributed by atoms with E-state index in [1.54, 1.807) is 13.0 Å². The van der Waals surface area contributed by atoms with Crippen LogP contribution >= 0.6 is 0 Å². The van der Waals surface area contributed by atoms with Gasteiger partial charge >= 0.3 is 0 Å². The van der Waals surface area contributed by atoms with Crippen LogP contribution in [-0.2, 0) is 16.6 Å². The Kier molecular flexibility index (Phi) is 4.29. The highest BCUT2D eigenvalue weighted by Crippen LogP contribution is 2.23. The first-order chi connectivity index (χ1) is 9.83. The van der Waals surface area contributed by atoms with Crippen molar-refractivity contribution >= 4 is 15.7 Å². The highest BCUT2D eigenvalue weighted by Gasteiger charge is 2.19. The van der Waals surface area contributed by atoms with Gasteiger partial charge < -0.3 is 5.73 Å². The summed E-state index contributed by atoms with van der Waals surface area (Å²) in [6.45, 7) is 3.81. The second-order valence-electron chi connectivity index (χ2n) is 4.86. The maximum atomic E-state index is 13.2. The smallest absolute Gasteiger partial charge is 0.262 e. The van der Waals surface area contributed by atoms with Crippen molar-refractivity contribution in [3.05, 3.63) is 58.9 Å². The summed E-state index contributed by atoms with van der Waals surface area (Å²) in [7, 11) is -3.79. The number of aryl methyl sites for hydroxylation is 1. The number of rotatable bonds is 4. The van der Waals surface area contributed by atoms with Gasteiger partial charge in [-0.15, -0.1) is 0 Å². The fourth-order valence-electron chi connectivity index (χ4n) is 2.06. The van der Waals surface area contributed by atoms with Gasteiger partial charge in [0.25, 0.3) is 10.0 Å². The van der Waals surface area contributed by atoms with Crippen LogP contribution in [0.15, 0.2) is 41.3 Å². The Balaban J connectivity index is 2.47.